The number of β-lactam (4-membered cyclic amide) rings is 1. The molecule has 0 bridgehead atoms. The van der Waals surface area contributed by atoms with Gasteiger partial charge in [-0.25, -0.2) is 0 Å². The number of carbonyl (C=O) groups is 1. The average molecular weight is 412 g/mol. The van der Waals surface area contributed by atoms with E-state index in [0.717, 1.165) is 21.2 Å². The molecule has 1 heterocycles. The van der Waals surface area contributed by atoms with E-state index in [2.05, 4.69) is 28.6 Å². The van der Waals surface area contributed by atoms with Gasteiger partial charge in [-0.1, -0.05) is 48.6 Å². The minimum Gasteiger partial charge on any atom is -0.477 e. The summed E-state index contributed by atoms with van der Waals surface area (Å²) in [4.78, 5) is 14.4. The van der Waals surface area contributed by atoms with Crippen molar-refractivity contribution < 1.29 is 9.53 Å². The van der Waals surface area contributed by atoms with Gasteiger partial charge in [-0.15, -0.1) is 6.58 Å². The van der Waals surface area contributed by atoms with Gasteiger partial charge in [0, 0.05) is 6.54 Å². The summed E-state index contributed by atoms with van der Waals surface area (Å²) in [7, 11) is 0. The first-order valence-electron chi connectivity index (χ1n) is 8.58. The largest absolute Gasteiger partial charge is 0.477 e. The first kappa shape index (κ1) is 18.5. The molecule has 4 heteroatoms. The number of nitrogens with zero attached hydrogens (tertiary/aromatic N) is 1. The molecule has 2 atom stereocenters. The Morgan fingerprint density at radius 2 is 2.00 bits per heavy atom. The molecule has 1 amide bonds. The highest BCUT2D eigenvalue weighted by Gasteiger charge is 2.49. The molecule has 1 aliphatic heterocycles. The fraction of sp³-hybridized carbons (Fsp3) is 0.227. The van der Waals surface area contributed by atoms with Gasteiger partial charge in [-0.2, -0.15) is 0 Å². The van der Waals surface area contributed by atoms with Crippen molar-refractivity contribution in [3.8, 4) is 5.75 Å². The molecule has 26 heavy (non-hydrogen) atoms. The third-order valence-electron chi connectivity index (χ3n) is 4.48. The van der Waals surface area contributed by atoms with Crippen molar-refractivity contribution in [2.24, 2.45) is 0 Å². The molecule has 0 aliphatic carbocycles. The molecule has 3 rings (SSSR count). The highest BCUT2D eigenvalue weighted by atomic mass is 79.9. The molecule has 1 aliphatic rings. The van der Waals surface area contributed by atoms with Crippen molar-refractivity contribution in [2.75, 3.05) is 6.54 Å². The Balaban J connectivity index is 1.86. The molecule has 0 spiro atoms. The van der Waals surface area contributed by atoms with Crippen LogP contribution >= 0.6 is 15.9 Å². The molecule has 3 nitrogen and oxygen atoms in total. The second-order valence-electron chi connectivity index (χ2n) is 6.50. The van der Waals surface area contributed by atoms with Gasteiger partial charge in [-0.05, 0) is 58.6 Å². The van der Waals surface area contributed by atoms with Gasteiger partial charge in [0.05, 0.1) is 10.5 Å². The minimum absolute atomic E-state index is 0.0109. The molecule has 0 N–H and O–H groups in total. The topological polar surface area (TPSA) is 29.5 Å². The smallest absolute Gasteiger partial charge is 0.267 e. The lowest BCUT2D eigenvalue weighted by Crippen LogP contribution is -2.67. The number of halogens is 1. The van der Waals surface area contributed by atoms with Gasteiger partial charge in [-0.3, -0.25) is 4.79 Å². The van der Waals surface area contributed by atoms with Crippen LogP contribution in [0, 0.1) is 6.92 Å². The lowest BCUT2D eigenvalue weighted by Gasteiger charge is -2.46. The Labute approximate surface area is 163 Å². The first-order valence-corrected chi connectivity index (χ1v) is 9.38. The summed E-state index contributed by atoms with van der Waals surface area (Å²) >= 11 is 3.52. The van der Waals surface area contributed by atoms with Gasteiger partial charge >= 0.3 is 0 Å². The normalized spacial score (nSPS) is 19.9. The lowest BCUT2D eigenvalue weighted by molar-refractivity contribution is -0.158. The third kappa shape index (κ3) is 3.75. The standard InChI is InChI=1S/C22H22BrNO2/c1-4-12-24-20(16(3)14-17-8-6-5-7-9-17)21(22(24)25)26-19-11-10-15(2)13-18(19)23/h4-11,13-14,20-21H,1,12H2,2-3H3/b16-14+/t20-,21+/m1/s1. The van der Waals surface area contributed by atoms with Crippen LogP contribution in [0.1, 0.15) is 18.1 Å². The third-order valence-corrected chi connectivity index (χ3v) is 5.10. The molecule has 1 fully saturated rings. The van der Waals surface area contributed by atoms with Crippen LogP contribution in [0.15, 0.2) is 71.2 Å². The van der Waals surface area contributed by atoms with E-state index in [1.165, 1.54) is 0 Å². The summed E-state index contributed by atoms with van der Waals surface area (Å²) in [5, 5.41) is 0. The summed E-state index contributed by atoms with van der Waals surface area (Å²) in [6.45, 7) is 8.34. The number of carbonyl (C=O) groups excluding carboxylic acids is 1. The van der Waals surface area contributed by atoms with Crippen LogP contribution in [-0.4, -0.2) is 29.5 Å². The van der Waals surface area contributed by atoms with E-state index < -0.39 is 6.10 Å². The highest BCUT2D eigenvalue weighted by Crippen LogP contribution is 2.34. The molecule has 0 unspecified atom stereocenters. The van der Waals surface area contributed by atoms with Crippen molar-refractivity contribution in [1.82, 2.24) is 4.90 Å². The molecule has 2 aromatic rings. The maximum absolute atomic E-state index is 12.6. The van der Waals surface area contributed by atoms with Crippen LogP contribution in [0.4, 0.5) is 0 Å². The average Bonchev–Trinajstić information content (AvgIpc) is 2.62. The number of hydrogen-bond donors (Lipinski definition) is 0. The predicted octanol–water partition coefficient (Wildman–Crippen LogP) is 5.01. The number of benzene rings is 2. The lowest BCUT2D eigenvalue weighted by atomic mass is 9.90. The summed E-state index contributed by atoms with van der Waals surface area (Å²) < 4.78 is 6.94. The van der Waals surface area contributed by atoms with E-state index in [4.69, 9.17) is 4.74 Å². The Bertz CT molecular complexity index is 844. The minimum atomic E-state index is -0.520. The fourth-order valence-electron chi connectivity index (χ4n) is 3.19. The predicted molar refractivity (Wildman–Crippen MR) is 109 cm³/mol. The van der Waals surface area contributed by atoms with Crippen LogP contribution in [0.2, 0.25) is 0 Å². The molecular formula is C22H22BrNO2. The number of hydrogen-bond acceptors (Lipinski definition) is 2. The van der Waals surface area contributed by atoms with Gasteiger partial charge in [0.25, 0.3) is 5.91 Å². The van der Waals surface area contributed by atoms with Gasteiger partial charge in [0.2, 0.25) is 6.10 Å². The summed E-state index contributed by atoms with van der Waals surface area (Å²) in [6.07, 6.45) is 3.33. The van der Waals surface area contributed by atoms with Crippen LogP contribution in [0.25, 0.3) is 6.08 Å². The van der Waals surface area contributed by atoms with E-state index in [1.807, 2.05) is 62.4 Å². The molecular weight excluding hydrogens is 390 g/mol. The maximum Gasteiger partial charge on any atom is 0.267 e. The second kappa shape index (κ2) is 7.92. The van der Waals surface area contributed by atoms with Crippen LogP contribution in [0.3, 0.4) is 0 Å². The highest BCUT2D eigenvalue weighted by molar-refractivity contribution is 9.10. The number of aryl methyl sites for hydroxylation is 1. The summed E-state index contributed by atoms with van der Waals surface area (Å²) in [5.41, 5.74) is 3.33. The SMILES string of the molecule is C=CCN1C(=O)[C@@H](Oc2ccc(C)cc2Br)[C@H]1/C(C)=C/c1ccccc1. The van der Waals surface area contributed by atoms with Crippen molar-refractivity contribution in [2.45, 2.75) is 26.0 Å². The Hall–Kier alpha value is -2.33. The molecule has 2 aromatic carbocycles. The zero-order valence-electron chi connectivity index (χ0n) is 15.0. The molecule has 0 saturated carbocycles. The zero-order valence-corrected chi connectivity index (χ0v) is 16.6. The molecule has 134 valence electrons. The van der Waals surface area contributed by atoms with Gasteiger partial charge < -0.3 is 9.64 Å². The van der Waals surface area contributed by atoms with Crippen molar-refractivity contribution in [1.29, 1.82) is 0 Å². The quantitative estimate of drug-likeness (QED) is 0.494. The monoisotopic (exact) mass is 411 g/mol. The fourth-order valence-corrected chi connectivity index (χ4v) is 3.78. The maximum atomic E-state index is 12.6. The van der Waals surface area contributed by atoms with Crippen LogP contribution in [0.5, 0.6) is 5.75 Å². The molecule has 0 radical (unpaired) electrons. The van der Waals surface area contributed by atoms with Crippen LogP contribution < -0.4 is 4.74 Å². The second-order valence-corrected chi connectivity index (χ2v) is 7.35. The van der Waals surface area contributed by atoms with E-state index >= 15 is 0 Å². The van der Waals surface area contributed by atoms with Crippen LogP contribution in [-0.2, 0) is 4.79 Å². The van der Waals surface area contributed by atoms with Crippen molar-refractivity contribution in [3.05, 3.63) is 82.4 Å². The zero-order chi connectivity index (χ0) is 18.7. The van der Waals surface area contributed by atoms with E-state index in [1.54, 1.807) is 11.0 Å². The Morgan fingerprint density at radius 3 is 2.65 bits per heavy atom. The molecule has 1 saturated heterocycles. The summed E-state index contributed by atoms with van der Waals surface area (Å²) in [5.74, 6) is 0.674. The number of likely N-dealkylation sites (tertiary alicyclic amines) is 1. The van der Waals surface area contributed by atoms with E-state index in [0.29, 0.717) is 12.3 Å². The van der Waals surface area contributed by atoms with Gasteiger partial charge in [0.1, 0.15) is 5.75 Å². The van der Waals surface area contributed by atoms with E-state index in [9.17, 15) is 4.79 Å². The number of amides is 1. The molecule has 0 aromatic heterocycles. The number of rotatable bonds is 6. The van der Waals surface area contributed by atoms with E-state index in [-0.39, 0.29) is 11.9 Å². The first-order chi connectivity index (χ1) is 12.5. The Kier molecular flexibility index (Phi) is 5.62. The van der Waals surface area contributed by atoms with Crippen molar-refractivity contribution in [3.63, 3.8) is 0 Å². The van der Waals surface area contributed by atoms with Crippen molar-refractivity contribution >= 4 is 27.9 Å². The van der Waals surface area contributed by atoms with Gasteiger partial charge in [0.15, 0.2) is 0 Å². The summed E-state index contributed by atoms with van der Waals surface area (Å²) in [6, 6.07) is 15.9. The Morgan fingerprint density at radius 1 is 1.27 bits per heavy atom. The number of ether oxygens (including phenoxy) is 1.